The van der Waals surface area contributed by atoms with Gasteiger partial charge in [-0.1, -0.05) is 30.7 Å². The van der Waals surface area contributed by atoms with E-state index in [9.17, 15) is 22.8 Å². The van der Waals surface area contributed by atoms with Crippen molar-refractivity contribution in [1.29, 1.82) is 0 Å². The van der Waals surface area contributed by atoms with E-state index in [2.05, 4.69) is 15.4 Å². The van der Waals surface area contributed by atoms with Gasteiger partial charge in [-0.2, -0.15) is 0 Å². The lowest BCUT2D eigenvalue weighted by molar-refractivity contribution is -0.138. The number of hydrogen-bond acceptors (Lipinski definition) is 5. The minimum Gasteiger partial charge on any atom is -0.322 e. The smallest absolute Gasteiger partial charge is 0.255 e. The Morgan fingerprint density at radius 1 is 1.16 bits per heavy atom. The molecule has 0 radical (unpaired) electrons. The molecular weight excluding hydrogens is 442 g/mol. The molecule has 1 aliphatic heterocycles. The summed E-state index contributed by atoms with van der Waals surface area (Å²) >= 11 is 5.99. The Morgan fingerprint density at radius 3 is 2.42 bits per heavy atom. The van der Waals surface area contributed by atoms with E-state index in [1.54, 1.807) is 24.3 Å². The lowest BCUT2D eigenvalue weighted by Crippen LogP contribution is -2.51. The van der Waals surface area contributed by atoms with Crippen molar-refractivity contribution in [3.05, 3.63) is 58.6 Å². The molecule has 2 aromatic rings. The second-order valence-corrected chi connectivity index (χ2v) is 9.57. The molecule has 1 unspecified atom stereocenters. The van der Waals surface area contributed by atoms with Crippen LogP contribution in [-0.4, -0.2) is 32.4 Å². The Balaban J connectivity index is 1.78. The first-order chi connectivity index (χ1) is 14.5. The van der Waals surface area contributed by atoms with Crippen molar-refractivity contribution in [2.45, 2.75) is 31.6 Å². The standard InChI is InChI=1S/C21H22ClN3O5S/c1-3-21(11-10-18(26)24-20(21)28)14-5-7-15(8-6-14)23-19(27)13-4-9-16(22)17(12-13)25-31(2,29)30/h4-9,12,25H,3,10-11H2,1-2H3,(H,23,27)(H,24,26,28). The Morgan fingerprint density at radius 2 is 1.84 bits per heavy atom. The molecule has 31 heavy (non-hydrogen) atoms. The van der Waals surface area contributed by atoms with Gasteiger partial charge in [0.1, 0.15) is 0 Å². The van der Waals surface area contributed by atoms with E-state index < -0.39 is 21.3 Å². The molecule has 0 aliphatic carbocycles. The highest BCUT2D eigenvalue weighted by atomic mass is 35.5. The zero-order valence-electron chi connectivity index (χ0n) is 17.0. The zero-order chi connectivity index (χ0) is 22.8. The van der Waals surface area contributed by atoms with E-state index in [0.717, 1.165) is 11.8 Å². The van der Waals surface area contributed by atoms with E-state index in [-0.39, 0.29) is 34.5 Å². The third-order valence-corrected chi connectivity index (χ3v) is 6.21. The van der Waals surface area contributed by atoms with Crippen molar-refractivity contribution in [2.75, 3.05) is 16.3 Å². The van der Waals surface area contributed by atoms with Gasteiger partial charge in [0.2, 0.25) is 21.8 Å². The number of carbonyl (C=O) groups excluding carboxylic acids is 3. The summed E-state index contributed by atoms with van der Waals surface area (Å²) in [6.45, 7) is 1.90. The summed E-state index contributed by atoms with van der Waals surface area (Å²) in [5, 5.41) is 5.31. The summed E-state index contributed by atoms with van der Waals surface area (Å²) in [6, 6.07) is 11.1. The average molecular weight is 464 g/mol. The molecule has 1 saturated heterocycles. The first-order valence-corrected chi connectivity index (χ1v) is 11.8. The fourth-order valence-electron chi connectivity index (χ4n) is 3.59. The van der Waals surface area contributed by atoms with E-state index in [4.69, 9.17) is 11.6 Å². The average Bonchev–Trinajstić information content (AvgIpc) is 2.70. The lowest BCUT2D eigenvalue weighted by atomic mass is 9.72. The van der Waals surface area contributed by atoms with Gasteiger partial charge in [0, 0.05) is 17.7 Å². The van der Waals surface area contributed by atoms with Crippen molar-refractivity contribution in [3.8, 4) is 0 Å². The van der Waals surface area contributed by atoms with E-state index >= 15 is 0 Å². The predicted octanol–water partition coefficient (Wildman–Crippen LogP) is 3.05. The highest BCUT2D eigenvalue weighted by molar-refractivity contribution is 7.92. The van der Waals surface area contributed by atoms with Gasteiger partial charge < -0.3 is 5.32 Å². The molecule has 1 aliphatic rings. The molecule has 8 nitrogen and oxygen atoms in total. The Bertz CT molecular complexity index is 1150. The minimum atomic E-state index is -3.55. The molecule has 3 amide bonds. The molecule has 0 aromatic heterocycles. The maximum absolute atomic E-state index is 12.6. The molecular formula is C21H22ClN3O5S. The van der Waals surface area contributed by atoms with Crippen LogP contribution >= 0.6 is 11.6 Å². The van der Waals surface area contributed by atoms with Gasteiger partial charge in [-0.25, -0.2) is 8.42 Å². The van der Waals surface area contributed by atoms with Crippen molar-refractivity contribution >= 4 is 50.7 Å². The second kappa shape index (κ2) is 8.68. The van der Waals surface area contributed by atoms with Crippen molar-refractivity contribution < 1.29 is 22.8 Å². The van der Waals surface area contributed by atoms with Gasteiger partial charge in [0.05, 0.1) is 22.4 Å². The molecule has 0 bridgehead atoms. The summed E-state index contributed by atoms with van der Waals surface area (Å²) in [6.07, 6.45) is 2.24. The topological polar surface area (TPSA) is 121 Å². The molecule has 1 heterocycles. The molecule has 0 saturated carbocycles. The summed E-state index contributed by atoms with van der Waals surface area (Å²) < 4.78 is 25.2. The zero-order valence-corrected chi connectivity index (χ0v) is 18.6. The summed E-state index contributed by atoms with van der Waals surface area (Å²) in [4.78, 5) is 36.6. The predicted molar refractivity (Wildman–Crippen MR) is 119 cm³/mol. The summed E-state index contributed by atoms with van der Waals surface area (Å²) in [7, 11) is -3.55. The molecule has 3 rings (SSSR count). The number of rotatable bonds is 6. The van der Waals surface area contributed by atoms with Crippen LogP contribution in [0.1, 0.15) is 42.1 Å². The van der Waals surface area contributed by atoms with Crippen LogP contribution in [0.3, 0.4) is 0 Å². The first-order valence-electron chi connectivity index (χ1n) is 9.57. The number of imide groups is 1. The van der Waals surface area contributed by atoms with Crippen LogP contribution in [0.2, 0.25) is 5.02 Å². The number of nitrogens with one attached hydrogen (secondary N) is 3. The number of hydrogen-bond donors (Lipinski definition) is 3. The quantitative estimate of drug-likeness (QED) is 0.568. The minimum absolute atomic E-state index is 0.106. The van der Waals surface area contributed by atoms with Crippen LogP contribution in [0.15, 0.2) is 42.5 Å². The number of halogens is 1. The van der Waals surface area contributed by atoms with Crippen LogP contribution in [0.25, 0.3) is 0 Å². The van der Waals surface area contributed by atoms with Gasteiger partial charge in [-0.15, -0.1) is 0 Å². The molecule has 2 aromatic carbocycles. The van der Waals surface area contributed by atoms with Crippen molar-refractivity contribution in [3.63, 3.8) is 0 Å². The maximum Gasteiger partial charge on any atom is 0.255 e. The highest BCUT2D eigenvalue weighted by Crippen LogP contribution is 2.36. The number of piperidine rings is 1. The third-order valence-electron chi connectivity index (χ3n) is 5.29. The van der Waals surface area contributed by atoms with Crippen LogP contribution in [0.4, 0.5) is 11.4 Å². The SMILES string of the molecule is CCC1(c2ccc(NC(=O)c3ccc(Cl)c(NS(C)(=O)=O)c3)cc2)CCC(=O)NC1=O. The largest absolute Gasteiger partial charge is 0.322 e. The molecule has 164 valence electrons. The van der Waals surface area contributed by atoms with Gasteiger partial charge in [-0.05, 0) is 48.7 Å². The highest BCUT2D eigenvalue weighted by Gasteiger charge is 2.42. The van der Waals surface area contributed by atoms with E-state index in [0.29, 0.717) is 18.5 Å². The van der Waals surface area contributed by atoms with Crippen LogP contribution in [0.5, 0.6) is 0 Å². The second-order valence-electron chi connectivity index (χ2n) is 7.41. The van der Waals surface area contributed by atoms with Gasteiger partial charge in [0.25, 0.3) is 5.91 Å². The summed E-state index contributed by atoms with van der Waals surface area (Å²) in [5.41, 5.74) is 0.812. The molecule has 3 N–H and O–H groups in total. The van der Waals surface area contributed by atoms with Crippen LogP contribution in [0, 0.1) is 0 Å². The van der Waals surface area contributed by atoms with Gasteiger partial charge in [0.15, 0.2) is 0 Å². The molecule has 10 heteroatoms. The molecule has 1 fully saturated rings. The first kappa shape index (κ1) is 22.8. The summed E-state index contributed by atoms with van der Waals surface area (Å²) in [5.74, 6) is -1.03. The number of carbonyl (C=O) groups is 3. The van der Waals surface area contributed by atoms with E-state index in [1.807, 2.05) is 6.92 Å². The number of anilines is 2. The van der Waals surface area contributed by atoms with Crippen LogP contribution in [-0.2, 0) is 25.0 Å². The van der Waals surface area contributed by atoms with E-state index in [1.165, 1.54) is 18.2 Å². The maximum atomic E-state index is 12.6. The Kier molecular flexibility index (Phi) is 6.38. The Labute approximate surface area is 185 Å². The lowest BCUT2D eigenvalue weighted by Gasteiger charge is -2.35. The van der Waals surface area contributed by atoms with Crippen LogP contribution < -0.4 is 15.4 Å². The van der Waals surface area contributed by atoms with Crippen molar-refractivity contribution in [1.82, 2.24) is 5.32 Å². The number of benzene rings is 2. The fraction of sp³-hybridized carbons (Fsp3) is 0.286. The van der Waals surface area contributed by atoms with Gasteiger partial charge >= 0.3 is 0 Å². The normalized spacial score (nSPS) is 18.9. The molecule has 1 atom stereocenters. The number of sulfonamides is 1. The fourth-order valence-corrected chi connectivity index (χ4v) is 4.38. The third kappa shape index (κ3) is 5.05. The number of amides is 3. The Hall–Kier alpha value is -2.91. The van der Waals surface area contributed by atoms with Gasteiger partial charge in [-0.3, -0.25) is 24.4 Å². The monoisotopic (exact) mass is 463 g/mol. The molecule has 0 spiro atoms. The van der Waals surface area contributed by atoms with Crippen molar-refractivity contribution in [2.24, 2.45) is 0 Å².